The van der Waals surface area contributed by atoms with E-state index >= 15 is 0 Å². The van der Waals surface area contributed by atoms with Crippen LogP contribution in [0.3, 0.4) is 0 Å². The first-order valence-corrected chi connectivity index (χ1v) is 7.54. The fourth-order valence-corrected chi connectivity index (χ4v) is 2.97. The summed E-state index contributed by atoms with van der Waals surface area (Å²) >= 11 is 0. The molecule has 2 aliphatic heterocycles. The smallest absolute Gasteiger partial charge is 0.223 e. The fourth-order valence-electron chi connectivity index (χ4n) is 2.97. The van der Waals surface area contributed by atoms with Gasteiger partial charge in [0.1, 0.15) is 0 Å². The van der Waals surface area contributed by atoms with E-state index in [-0.39, 0.29) is 23.8 Å². The lowest BCUT2D eigenvalue weighted by molar-refractivity contribution is -0.133. The van der Waals surface area contributed by atoms with E-state index in [1.807, 2.05) is 4.90 Å². The number of nitrogens with zero attached hydrogens (tertiary/aromatic N) is 2. The maximum Gasteiger partial charge on any atom is 0.223 e. The van der Waals surface area contributed by atoms with Gasteiger partial charge in [0.25, 0.3) is 0 Å². The minimum Gasteiger partial charge on any atom is -0.393 e. The van der Waals surface area contributed by atoms with Crippen molar-refractivity contribution >= 4 is 11.8 Å². The summed E-state index contributed by atoms with van der Waals surface area (Å²) in [5.74, 6) is -0.0212. The summed E-state index contributed by atoms with van der Waals surface area (Å²) in [6.07, 6.45) is 3.27. The van der Waals surface area contributed by atoms with Gasteiger partial charge in [0.15, 0.2) is 0 Å². The molecule has 0 spiro atoms. The number of piperidine rings is 2. The molecule has 0 saturated carbocycles. The fraction of sp³-hybridized carbons (Fsp3) is 0.857. The number of amides is 2. The van der Waals surface area contributed by atoms with Crippen molar-refractivity contribution in [2.75, 3.05) is 32.7 Å². The number of primary amides is 1. The minimum atomic E-state index is -0.244. The van der Waals surface area contributed by atoms with Crippen LogP contribution in [-0.4, -0.2) is 65.5 Å². The van der Waals surface area contributed by atoms with Crippen LogP contribution in [0.25, 0.3) is 0 Å². The number of aliphatic hydroxyl groups excluding tert-OH is 1. The predicted molar refractivity (Wildman–Crippen MR) is 74.8 cm³/mol. The van der Waals surface area contributed by atoms with Crippen LogP contribution in [0.5, 0.6) is 0 Å². The normalized spacial score (nSPS) is 22.9. The van der Waals surface area contributed by atoms with Crippen molar-refractivity contribution in [1.82, 2.24) is 9.80 Å². The Kier molecular flexibility index (Phi) is 5.37. The van der Waals surface area contributed by atoms with Crippen LogP contribution in [0.15, 0.2) is 0 Å². The lowest BCUT2D eigenvalue weighted by atomic mass is 9.96. The Hall–Kier alpha value is -1.14. The van der Waals surface area contributed by atoms with Crippen molar-refractivity contribution < 1.29 is 14.7 Å². The van der Waals surface area contributed by atoms with Gasteiger partial charge < -0.3 is 20.6 Å². The molecule has 0 aromatic heterocycles. The van der Waals surface area contributed by atoms with Gasteiger partial charge in [0.05, 0.1) is 6.10 Å². The standard InChI is InChI=1S/C14H25N3O3/c15-14(20)11-1-6-16(7-2-11)8-5-13(19)17-9-3-12(18)4-10-17/h11-12,18H,1-10H2,(H2,15,20). The number of hydrogen-bond acceptors (Lipinski definition) is 4. The molecule has 2 rings (SSSR count). The van der Waals surface area contributed by atoms with Crippen molar-refractivity contribution in [1.29, 1.82) is 0 Å². The third kappa shape index (κ3) is 4.18. The maximum atomic E-state index is 12.1. The molecule has 114 valence electrons. The number of carbonyl (C=O) groups is 2. The minimum absolute atomic E-state index is 0.00512. The van der Waals surface area contributed by atoms with Crippen molar-refractivity contribution in [2.24, 2.45) is 11.7 Å². The zero-order valence-electron chi connectivity index (χ0n) is 12.0. The molecule has 20 heavy (non-hydrogen) atoms. The van der Waals surface area contributed by atoms with Crippen LogP contribution in [0.2, 0.25) is 0 Å². The lowest BCUT2D eigenvalue weighted by Gasteiger charge is -2.32. The average molecular weight is 283 g/mol. The number of aliphatic hydroxyl groups is 1. The molecular formula is C14H25N3O3. The van der Waals surface area contributed by atoms with Gasteiger partial charge in [-0.3, -0.25) is 9.59 Å². The predicted octanol–water partition coefficient (Wildman–Crippen LogP) is -0.443. The number of rotatable bonds is 4. The number of likely N-dealkylation sites (tertiary alicyclic amines) is 2. The Balaban J connectivity index is 1.65. The highest BCUT2D eigenvalue weighted by Gasteiger charge is 2.25. The summed E-state index contributed by atoms with van der Waals surface area (Å²) in [7, 11) is 0. The average Bonchev–Trinajstić information content (AvgIpc) is 2.46. The van der Waals surface area contributed by atoms with Crippen molar-refractivity contribution in [2.45, 2.75) is 38.2 Å². The molecule has 3 N–H and O–H groups in total. The van der Waals surface area contributed by atoms with E-state index in [0.29, 0.717) is 32.4 Å². The van der Waals surface area contributed by atoms with Gasteiger partial charge in [-0.05, 0) is 38.8 Å². The quantitative estimate of drug-likeness (QED) is 0.732. The molecule has 0 radical (unpaired) electrons. The van der Waals surface area contributed by atoms with Crippen LogP contribution < -0.4 is 5.73 Å². The van der Waals surface area contributed by atoms with Crippen LogP contribution in [0.4, 0.5) is 0 Å². The van der Waals surface area contributed by atoms with Crippen LogP contribution in [0, 0.1) is 5.92 Å². The van der Waals surface area contributed by atoms with Gasteiger partial charge in [0, 0.05) is 32.0 Å². The monoisotopic (exact) mass is 283 g/mol. The molecular weight excluding hydrogens is 258 g/mol. The number of carbonyl (C=O) groups excluding carboxylic acids is 2. The molecule has 0 aliphatic carbocycles. The van der Waals surface area contributed by atoms with Gasteiger partial charge in [0.2, 0.25) is 11.8 Å². The van der Waals surface area contributed by atoms with E-state index in [2.05, 4.69) is 4.90 Å². The Bertz CT molecular complexity index is 346. The molecule has 2 heterocycles. The zero-order valence-corrected chi connectivity index (χ0v) is 12.0. The topological polar surface area (TPSA) is 86.9 Å². The molecule has 0 aromatic rings. The Morgan fingerprint density at radius 2 is 1.65 bits per heavy atom. The first-order chi connectivity index (χ1) is 9.56. The van der Waals surface area contributed by atoms with Gasteiger partial charge in [-0.15, -0.1) is 0 Å². The molecule has 6 nitrogen and oxygen atoms in total. The Morgan fingerprint density at radius 1 is 1.05 bits per heavy atom. The van der Waals surface area contributed by atoms with Gasteiger partial charge >= 0.3 is 0 Å². The number of nitrogens with two attached hydrogens (primary N) is 1. The van der Waals surface area contributed by atoms with E-state index in [0.717, 1.165) is 32.5 Å². The van der Waals surface area contributed by atoms with E-state index in [4.69, 9.17) is 5.73 Å². The highest BCUT2D eigenvalue weighted by Crippen LogP contribution is 2.17. The molecule has 0 bridgehead atoms. The Labute approximate surface area is 119 Å². The van der Waals surface area contributed by atoms with Gasteiger partial charge in [-0.1, -0.05) is 0 Å². The molecule has 0 atom stereocenters. The SMILES string of the molecule is NC(=O)C1CCN(CCC(=O)N2CCC(O)CC2)CC1. The molecule has 0 unspecified atom stereocenters. The maximum absolute atomic E-state index is 12.1. The van der Waals surface area contributed by atoms with Crippen LogP contribution >= 0.6 is 0 Å². The van der Waals surface area contributed by atoms with E-state index in [1.165, 1.54) is 0 Å². The second-order valence-electron chi connectivity index (χ2n) is 5.88. The van der Waals surface area contributed by atoms with Gasteiger partial charge in [-0.25, -0.2) is 0 Å². The summed E-state index contributed by atoms with van der Waals surface area (Å²) in [4.78, 5) is 27.2. The summed E-state index contributed by atoms with van der Waals surface area (Å²) < 4.78 is 0. The summed E-state index contributed by atoms with van der Waals surface area (Å²) in [6, 6.07) is 0. The summed E-state index contributed by atoms with van der Waals surface area (Å²) in [6.45, 7) is 3.79. The molecule has 0 aromatic carbocycles. The highest BCUT2D eigenvalue weighted by atomic mass is 16.3. The van der Waals surface area contributed by atoms with Crippen LogP contribution in [0.1, 0.15) is 32.1 Å². The van der Waals surface area contributed by atoms with E-state index in [1.54, 1.807) is 0 Å². The van der Waals surface area contributed by atoms with Crippen molar-refractivity contribution in [3.8, 4) is 0 Å². The second kappa shape index (κ2) is 7.04. The molecule has 2 aliphatic rings. The zero-order chi connectivity index (χ0) is 14.5. The first kappa shape index (κ1) is 15.3. The second-order valence-corrected chi connectivity index (χ2v) is 5.88. The van der Waals surface area contributed by atoms with E-state index < -0.39 is 0 Å². The van der Waals surface area contributed by atoms with Crippen LogP contribution in [-0.2, 0) is 9.59 Å². The van der Waals surface area contributed by atoms with E-state index in [9.17, 15) is 14.7 Å². The lowest BCUT2D eigenvalue weighted by Crippen LogP contribution is -2.43. The summed E-state index contributed by atoms with van der Waals surface area (Å²) in [5.41, 5.74) is 5.30. The van der Waals surface area contributed by atoms with Crippen molar-refractivity contribution in [3.05, 3.63) is 0 Å². The number of hydrogen-bond donors (Lipinski definition) is 2. The molecule has 2 fully saturated rings. The molecule has 2 amide bonds. The first-order valence-electron chi connectivity index (χ1n) is 7.54. The molecule has 2 saturated heterocycles. The summed E-state index contributed by atoms with van der Waals surface area (Å²) in [5, 5.41) is 9.43. The van der Waals surface area contributed by atoms with Gasteiger partial charge in [-0.2, -0.15) is 0 Å². The highest BCUT2D eigenvalue weighted by molar-refractivity contribution is 5.77. The third-order valence-electron chi connectivity index (χ3n) is 4.45. The molecule has 6 heteroatoms. The largest absolute Gasteiger partial charge is 0.393 e. The van der Waals surface area contributed by atoms with Crippen molar-refractivity contribution in [3.63, 3.8) is 0 Å². The Morgan fingerprint density at radius 3 is 2.20 bits per heavy atom. The third-order valence-corrected chi connectivity index (χ3v) is 4.45.